The normalized spacial score (nSPS) is 11.7. The number of ether oxygens (including phenoxy) is 3. The first kappa shape index (κ1) is 22.6. The minimum atomic E-state index is -0.465. The van der Waals surface area contributed by atoms with Gasteiger partial charge in [0.2, 0.25) is 0 Å². The van der Waals surface area contributed by atoms with Gasteiger partial charge in [0.1, 0.15) is 18.0 Å². The van der Waals surface area contributed by atoms with Crippen LogP contribution in [0.5, 0.6) is 11.5 Å². The number of esters is 1. The van der Waals surface area contributed by atoms with Crippen LogP contribution in [0.4, 0.5) is 0 Å². The van der Waals surface area contributed by atoms with Gasteiger partial charge < -0.3 is 18.8 Å². The minimum absolute atomic E-state index is 0.0271. The van der Waals surface area contributed by atoms with Crippen LogP contribution in [-0.2, 0) is 16.1 Å². The van der Waals surface area contributed by atoms with Gasteiger partial charge in [0.25, 0.3) is 5.91 Å². The fraction of sp³-hybridized carbons (Fsp3) is 0.348. The molecule has 1 amide bonds. The number of fused-ring (bicyclic) bond motifs is 1. The summed E-state index contributed by atoms with van der Waals surface area (Å²) in [5.74, 6) is 0.455. The molecule has 0 fully saturated rings. The standard InChI is InChI=1S/C23H26N2O5S/c1-6-30-21(26)13-25-18-10-7-15(14(2)3)11-20(18)31-23(25)24-22(27)17-9-8-16(28-4)12-19(17)29-5/h7-12,14H,6,13H2,1-5H3. The van der Waals surface area contributed by atoms with Crippen molar-refractivity contribution in [3.05, 3.63) is 52.3 Å². The number of nitrogens with zero attached hydrogens (tertiary/aromatic N) is 2. The third kappa shape index (κ3) is 4.96. The van der Waals surface area contributed by atoms with Crippen molar-refractivity contribution in [2.24, 2.45) is 4.99 Å². The molecule has 0 unspecified atom stereocenters. The number of hydrogen-bond acceptors (Lipinski definition) is 6. The summed E-state index contributed by atoms with van der Waals surface area (Å²) in [5.41, 5.74) is 2.31. The number of aromatic nitrogens is 1. The van der Waals surface area contributed by atoms with Gasteiger partial charge >= 0.3 is 5.97 Å². The first-order valence-electron chi connectivity index (χ1n) is 9.97. The number of rotatable bonds is 7. The van der Waals surface area contributed by atoms with Crippen molar-refractivity contribution in [1.29, 1.82) is 0 Å². The lowest BCUT2D eigenvalue weighted by molar-refractivity contribution is -0.143. The molecule has 0 spiro atoms. The van der Waals surface area contributed by atoms with Crippen molar-refractivity contribution in [3.63, 3.8) is 0 Å². The Balaban J connectivity index is 2.13. The molecule has 0 aliphatic carbocycles. The Morgan fingerprint density at radius 2 is 1.87 bits per heavy atom. The predicted octanol–water partition coefficient (Wildman–Crippen LogP) is 4.15. The Bertz CT molecular complexity index is 1180. The van der Waals surface area contributed by atoms with Crippen molar-refractivity contribution in [3.8, 4) is 11.5 Å². The lowest BCUT2D eigenvalue weighted by atomic mass is 10.0. The SMILES string of the molecule is CCOC(=O)Cn1c(=NC(=O)c2ccc(OC)cc2OC)sc2cc(C(C)C)ccc21. The lowest BCUT2D eigenvalue weighted by Crippen LogP contribution is -2.23. The first-order chi connectivity index (χ1) is 14.9. The van der Waals surface area contributed by atoms with E-state index in [0.29, 0.717) is 27.8 Å². The number of hydrogen-bond donors (Lipinski definition) is 0. The van der Waals surface area contributed by atoms with E-state index in [9.17, 15) is 9.59 Å². The number of carbonyl (C=O) groups excluding carboxylic acids is 2. The quantitative estimate of drug-likeness (QED) is 0.514. The first-order valence-corrected chi connectivity index (χ1v) is 10.8. The number of carbonyl (C=O) groups is 2. The third-order valence-electron chi connectivity index (χ3n) is 4.80. The average molecular weight is 443 g/mol. The smallest absolute Gasteiger partial charge is 0.326 e. The summed E-state index contributed by atoms with van der Waals surface area (Å²) in [5, 5.41) is 0. The molecule has 2 aromatic carbocycles. The Morgan fingerprint density at radius 1 is 1.10 bits per heavy atom. The molecule has 0 aliphatic heterocycles. The molecule has 0 N–H and O–H groups in total. The second-order valence-electron chi connectivity index (χ2n) is 7.14. The maximum Gasteiger partial charge on any atom is 0.326 e. The van der Waals surface area contributed by atoms with Gasteiger partial charge in [0.05, 0.1) is 36.6 Å². The molecule has 0 saturated carbocycles. The van der Waals surface area contributed by atoms with Crippen LogP contribution in [0.15, 0.2) is 41.4 Å². The second-order valence-corrected chi connectivity index (χ2v) is 8.15. The average Bonchev–Trinajstić information content (AvgIpc) is 3.09. The van der Waals surface area contributed by atoms with E-state index in [2.05, 4.69) is 24.9 Å². The summed E-state index contributed by atoms with van der Waals surface area (Å²) < 4.78 is 18.3. The summed E-state index contributed by atoms with van der Waals surface area (Å²) in [6, 6.07) is 11.0. The molecule has 31 heavy (non-hydrogen) atoms. The van der Waals surface area contributed by atoms with Gasteiger partial charge in [-0.1, -0.05) is 31.3 Å². The molecule has 3 rings (SSSR count). The zero-order chi connectivity index (χ0) is 22.5. The molecule has 0 radical (unpaired) electrons. The van der Waals surface area contributed by atoms with Crippen molar-refractivity contribution in [2.75, 3.05) is 20.8 Å². The number of thiazole rings is 1. The van der Waals surface area contributed by atoms with Crippen molar-refractivity contribution < 1.29 is 23.8 Å². The van der Waals surface area contributed by atoms with E-state index in [1.54, 1.807) is 36.8 Å². The maximum atomic E-state index is 13.0. The summed E-state index contributed by atoms with van der Waals surface area (Å²) in [4.78, 5) is 30.0. The molecular weight excluding hydrogens is 416 g/mol. The Kier molecular flexibility index (Phi) is 7.12. The molecule has 7 nitrogen and oxygen atoms in total. The molecule has 1 heterocycles. The largest absolute Gasteiger partial charge is 0.497 e. The van der Waals surface area contributed by atoms with Gasteiger partial charge in [-0.05, 0) is 42.7 Å². The van der Waals surface area contributed by atoms with E-state index in [1.165, 1.54) is 24.0 Å². The number of amides is 1. The topological polar surface area (TPSA) is 79.1 Å². The molecule has 8 heteroatoms. The Labute approximate surface area is 184 Å². The lowest BCUT2D eigenvalue weighted by Gasteiger charge is -2.08. The van der Waals surface area contributed by atoms with Crippen LogP contribution in [0.2, 0.25) is 0 Å². The zero-order valence-electron chi connectivity index (χ0n) is 18.3. The molecule has 164 valence electrons. The van der Waals surface area contributed by atoms with Gasteiger partial charge in [-0.25, -0.2) is 0 Å². The van der Waals surface area contributed by atoms with Gasteiger partial charge in [-0.3, -0.25) is 9.59 Å². The van der Waals surface area contributed by atoms with E-state index in [-0.39, 0.29) is 19.1 Å². The number of benzene rings is 2. The molecule has 0 bridgehead atoms. The second kappa shape index (κ2) is 9.78. The summed E-state index contributed by atoms with van der Waals surface area (Å²) in [6.07, 6.45) is 0. The molecule has 1 aromatic heterocycles. The Hall–Kier alpha value is -3.13. The van der Waals surface area contributed by atoms with Gasteiger partial charge in [0.15, 0.2) is 4.80 Å². The van der Waals surface area contributed by atoms with E-state index in [4.69, 9.17) is 14.2 Å². The number of methoxy groups -OCH3 is 2. The van der Waals surface area contributed by atoms with E-state index >= 15 is 0 Å². The highest BCUT2D eigenvalue weighted by Gasteiger charge is 2.16. The summed E-state index contributed by atoms with van der Waals surface area (Å²) in [6.45, 7) is 6.25. The zero-order valence-corrected chi connectivity index (χ0v) is 19.1. The Morgan fingerprint density at radius 3 is 2.52 bits per heavy atom. The highest BCUT2D eigenvalue weighted by molar-refractivity contribution is 7.16. The van der Waals surface area contributed by atoms with E-state index in [0.717, 1.165) is 10.2 Å². The van der Waals surface area contributed by atoms with Gasteiger partial charge in [0, 0.05) is 6.07 Å². The van der Waals surface area contributed by atoms with Crippen molar-refractivity contribution in [2.45, 2.75) is 33.2 Å². The molecule has 0 atom stereocenters. The summed E-state index contributed by atoms with van der Waals surface area (Å²) >= 11 is 1.36. The van der Waals surface area contributed by atoms with Crippen LogP contribution in [0.25, 0.3) is 10.2 Å². The monoisotopic (exact) mass is 442 g/mol. The fourth-order valence-corrected chi connectivity index (χ4v) is 4.22. The van der Waals surface area contributed by atoms with E-state index in [1.807, 2.05) is 12.1 Å². The van der Waals surface area contributed by atoms with Crippen LogP contribution in [0.1, 0.15) is 42.6 Å². The van der Waals surface area contributed by atoms with Crippen molar-refractivity contribution >= 4 is 33.4 Å². The highest BCUT2D eigenvalue weighted by atomic mass is 32.1. The third-order valence-corrected chi connectivity index (χ3v) is 5.84. The predicted molar refractivity (Wildman–Crippen MR) is 120 cm³/mol. The maximum absolute atomic E-state index is 13.0. The van der Waals surface area contributed by atoms with Gasteiger partial charge in [-0.15, -0.1) is 0 Å². The molecule has 3 aromatic rings. The van der Waals surface area contributed by atoms with Crippen molar-refractivity contribution in [1.82, 2.24) is 4.57 Å². The van der Waals surface area contributed by atoms with Crippen LogP contribution < -0.4 is 14.3 Å². The van der Waals surface area contributed by atoms with Gasteiger partial charge in [-0.2, -0.15) is 4.99 Å². The van der Waals surface area contributed by atoms with Crippen LogP contribution in [0, 0.1) is 0 Å². The highest BCUT2D eigenvalue weighted by Crippen LogP contribution is 2.26. The fourth-order valence-electron chi connectivity index (χ4n) is 3.15. The minimum Gasteiger partial charge on any atom is -0.497 e. The van der Waals surface area contributed by atoms with Crippen LogP contribution in [0.3, 0.4) is 0 Å². The molecule has 0 aliphatic rings. The van der Waals surface area contributed by atoms with Crippen LogP contribution >= 0.6 is 11.3 Å². The summed E-state index contributed by atoms with van der Waals surface area (Å²) in [7, 11) is 3.03. The molecule has 0 saturated heterocycles. The van der Waals surface area contributed by atoms with Crippen LogP contribution in [-0.4, -0.2) is 37.3 Å². The molecular formula is C23H26N2O5S. The van der Waals surface area contributed by atoms with E-state index < -0.39 is 5.91 Å².